The van der Waals surface area contributed by atoms with Gasteiger partial charge < -0.3 is 9.84 Å². The average molecular weight is 222 g/mol. The van der Waals surface area contributed by atoms with Gasteiger partial charge in [-0.2, -0.15) is 0 Å². The zero-order valence-electron chi connectivity index (χ0n) is 9.77. The summed E-state index contributed by atoms with van der Waals surface area (Å²) in [4.78, 5) is 10.8. The molecule has 1 rings (SSSR count). The van der Waals surface area contributed by atoms with Crippen molar-refractivity contribution in [3.05, 3.63) is 29.8 Å². The van der Waals surface area contributed by atoms with E-state index in [1.54, 1.807) is 13.0 Å². The van der Waals surface area contributed by atoms with Gasteiger partial charge in [0.15, 0.2) is 6.10 Å². The molecule has 0 aromatic heterocycles. The predicted octanol–water partition coefficient (Wildman–Crippen LogP) is 2.88. The molecule has 0 aliphatic rings. The van der Waals surface area contributed by atoms with Crippen molar-refractivity contribution in [1.82, 2.24) is 0 Å². The maximum atomic E-state index is 10.8. The SMILES string of the molecule is CCCc1cccc(OC(CC)C(=O)O)c1. The molecule has 1 N–H and O–H groups in total. The minimum atomic E-state index is -0.914. The number of carboxylic acid groups (broad SMARTS) is 1. The van der Waals surface area contributed by atoms with Gasteiger partial charge in [-0.05, 0) is 30.5 Å². The van der Waals surface area contributed by atoms with Gasteiger partial charge in [-0.15, -0.1) is 0 Å². The first-order valence-electron chi connectivity index (χ1n) is 5.65. The normalized spacial score (nSPS) is 12.1. The zero-order valence-corrected chi connectivity index (χ0v) is 9.77. The molecule has 1 unspecified atom stereocenters. The predicted molar refractivity (Wildman–Crippen MR) is 62.8 cm³/mol. The Labute approximate surface area is 96.1 Å². The van der Waals surface area contributed by atoms with E-state index < -0.39 is 12.1 Å². The summed E-state index contributed by atoms with van der Waals surface area (Å²) in [5.41, 5.74) is 1.18. The van der Waals surface area contributed by atoms with Gasteiger partial charge in [0, 0.05) is 0 Å². The van der Waals surface area contributed by atoms with E-state index in [1.807, 2.05) is 18.2 Å². The molecule has 1 aromatic rings. The van der Waals surface area contributed by atoms with Crippen molar-refractivity contribution in [2.75, 3.05) is 0 Å². The molecule has 88 valence electrons. The van der Waals surface area contributed by atoms with E-state index in [4.69, 9.17) is 9.84 Å². The summed E-state index contributed by atoms with van der Waals surface area (Å²) in [5, 5.41) is 8.88. The zero-order chi connectivity index (χ0) is 12.0. The average Bonchev–Trinajstić information content (AvgIpc) is 2.26. The molecule has 0 saturated carbocycles. The summed E-state index contributed by atoms with van der Waals surface area (Å²) in [6.45, 7) is 3.91. The molecule has 0 spiro atoms. The van der Waals surface area contributed by atoms with Crippen LogP contribution in [-0.4, -0.2) is 17.2 Å². The van der Waals surface area contributed by atoms with E-state index in [0.29, 0.717) is 12.2 Å². The molecule has 0 radical (unpaired) electrons. The lowest BCUT2D eigenvalue weighted by molar-refractivity contribution is -0.145. The lowest BCUT2D eigenvalue weighted by Crippen LogP contribution is -2.25. The molecule has 0 amide bonds. The van der Waals surface area contributed by atoms with Gasteiger partial charge >= 0.3 is 5.97 Å². The van der Waals surface area contributed by atoms with Crippen LogP contribution in [0.2, 0.25) is 0 Å². The summed E-state index contributed by atoms with van der Waals surface area (Å²) < 4.78 is 5.41. The molecule has 0 aliphatic heterocycles. The van der Waals surface area contributed by atoms with Crippen LogP contribution in [0.5, 0.6) is 5.75 Å². The fraction of sp³-hybridized carbons (Fsp3) is 0.462. The molecule has 3 heteroatoms. The van der Waals surface area contributed by atoms with Crippen LogP contribution in [0, 0.1) is 0 Å². The number of aryl methyl sites for hydroxylation is 1. The molecule has 1 aromatic carbocycles. The highest BCUT2D eigenvalue weighted by molar-refractivity contribution is 5.72. The van der Waals surface area contributed by atoms with Crippen molar-refractivity contribution in [3.8, 4) is 5.75 Å². The smallest absolute Gasteiger partial charge is 0.344 e. The van der Waals surface area contributed by atoms with E-state index in [0.717, 1.165) is 12.8 Å². The van der Waals surface area contributed by atoms with Gasteiger partial charge in [0.05, 0.1) is 0 Å². The second-order valence-corrected chi connectivity index (χ2v) is 3.75. The summed E-state index contributed by atoms with van der Waals surface area (Å²) in [7, 11) is 0. The molecule has 3 nitrogen and oxygen atoms in total. The molecule has 1 atom stereocenters. The molecule has 0 heterocycles. The molecule has 0 fully saturated rings. The van der Waals surface area contributed by atoms with Crippen molar-refractivity contribution < 1.29 is 14.6 Å². The third-order valence-electron chi connectivity index (χ3n) is 2.36. The number of aliphatic carboxylic acids is 1. The van der Waals surface area contributed by atoms with Crippen LogP contribution in [0.15, 0.2) is 24.3 Å². The lowest BCUT2D eigenvalue weighted by Gasteiger charge is -2.13. The number of rotatable bonds is 6. The molecule has 0 bridgehead atoms. The Kier molecular flexibility index (Phi) is 4.83. The second-order valence-electron chi connectivity index (χ2n) is 3.75. The first-order valence-corrected chi connectivity index (χ1v) is 5.65. The van der Waals surface area contributed by atoms with Gasteiger partial charge in [-0.3, -0.25) is 0 Å². The molecule has 0 aliphatic carbocycles. The summed E-state index contributed by atoms with van der Waals surface area (Å²) in [5.74, 6) is -0.274. The standard InChI is InChI=1S/C13H18O3/c1-3-6-10-7-5-8-11(9-10)16-12(4-2)13(14)15/h5,7-9,12H,3-4,6H2,1-2H3,(H,14,15). The Morgan fingerprint density at radius 1 is 1.44 bits per heavy atom. The van der Waals surface area contributed by atoms with Crippen molar-refractivity contribution in [2.24, 2.45) is 0 Å². The van der Waals surface area contributed by atoms with Gasteiger partial charge in [-0.25, -0.2) is 4.79 Å². The Balaban J connectivity index is 2.72. The molecule has 0 saturated heterocycles. The van der Waals surface area contributed by atoms with Crippen LogP contribution in [0.25, 0.3) is 0 Å². The van der Waals surface area contributed by atoms with Crippen LogP contribution >= 0.6 is 0 Å². The number of benzene rings is 1. The Hall–Kier alpha value is -1.51. The van der Waals surface area contributed by atoms with E-state index in [-0.39, 0.29) is 0 Å². The molecule has 16 heavy (non-hydrogen) atoms. The number of carboxylic acids is 1. The van der Waals surface area contributed by atoms with E-state index >= 15 is 0 Å². The Bertz CT molecular complexity index is 347. The van der Waals surface area contributed by atoms with Gasteiger partial charge in [0.25, 0.3) is 0 Å². The van der Waals surface area contributed by atoms with Gasteiger partial charge in [0.2, 0.25) is 0 Å². The van der Waals surface area contributed by atoms with Gasteiger partial charge in [0.1, 0.15) is 5.75 Å². The number of hydrogen-bond donors (Lipinski definition) is 1. The maximum Gasteiger partial charge on any atom is 0.344 e. The lowest BCUT2D eigenvalue weighted by atomic mass is 10.1. The maximum absolute atomic E-state index is 10.8. The number of ether oxygens (including phenoxy) is 1. The topological polar surface area (TPSA) is 46.5 Å². The summed E-state index contributed by atoms with van der Waals surface area (Å²) in [6, 6.07) is 7.63. The summed E-state index contributed by atoms with van der Waals surface area (Å²) >= 11 is 0. The largest absolute Gasteiger partial charge is 0.479 e. The number of hydrogen-bond acceptors (Lipinski definition) is 2. The fourth-order valence-corrected chi connectivity index (χ4v) is 1.54. The van der Waals surface area contributed by atoms with E-state index in [2.05, 4.69) is 6.92 Å². The Morgan fingerprint density at radius 3 is 2.75 bits per heavy atom. The van der Waals surface area contributed by atoms with Crippen molar-refractivity contribution in [3.63, 3.8) is 0 Å². The van der Waals surface area contributed by atoms with Gasteiger partial charge in [-0.1, -0.05) is 32.4 Å². The van der Waals surface area contributed by atoms with Crippen molar-refractivity contribution in [1.29, 1.82) is 0 Å². The summed E-state index contributed by atoms with van der Waals surface area (Å²) in [6.07, 6.45) is 1.77. The van der Waals surface area contributed by atoms with E-state index in [9.17, 15) is 4.79 Å². The quantitative estimate of drug-likeness (QED) is 0.805. The third-order valence-corrected chi connectivity index (χ3v) is 2.36. The van der Waals surface area contributed by atoms with Crippen LogP contribution in [0.4, 0.5) is 0 Å². The molecular weight excluding hydrogens is 204 g/mol. The molecular formula is C13H18O3. The van der Waals surface area contributed by atoms with Crippen LogP contribution < -0.4 is 4.74 Å². The first-order chi connectivity index (χ1) is 7.67. The Morgan fingerprint density at radius 2 is 2.19 bits per heavy atom. The third kappa shape index (κ3) is 3.57. The first kappa shape index (κ1) is 12.6. The van der Waals surface area contributed by atoms with Crippen LogP contribution in [-0.2, 0) is 11.2 Å². The minimum absolute atomic E-state index is 0.466. The number of carbonyl (C=O) groups is 1. The van der Waals surface area contributed by atoms with Crippen molar-refractivity contribution >= 4 is 5.97 Å². The van der Waals surface area contributed by atoms with E-state index in [1.165, 1.54) is 5.56 Å². The van der Waals surface area contributed by atoms with Crippen LogP contribution in [0.1, 0.15) is 32.3 Å². The fourth-order valence-electron chi connectivity index (χ4n) is 1.54. The minimum Gasteiger partial charge on any atom is -0.479 e. The highest BCUT2D eigenvalue weighted by atomic mass is 16.5. The van der Waals surface area contributed by atoms with Crippen molar-refractivity contribution in [2.45, 2.75) is 39.2 Å². The highest BCUT2D eigenvalue weighted by Gasteiger charge is 2.16. The second kappa shape index (κ2) is 6.16. The monoisotopic (exact) mass is 222 g/mol. The van der Waals surface area contributed by atoms with Crippen LogP contribution in [0.3, 0.4) is 0 Å². The highest BCUT2D eigenvalue weighted by Crippen LogP contribution is 2.17.